The van der Waals surface area contributed by atoms with Crippen LogP contribution in [0.15, 0.2) is 67.0 Å². The summed E-state index contributed by atoms with van der Waals surface area (Å²) in [5.41, 5.74) is 4.03. The van der Waals surface area contributed by atoms with Crippen molar-refractivity contribution in [3.63, 3.8) is 0 Å². The van der Waals surface area contributed by atoms with Gasteiger partial charge in [-0.2, -0.15) is 36.5 Å². The maximum absolute atomic E-state index is 13.3. The van der Waals surface area contributed by atoms with E-state index in [4.69, 9.17) is 15.0 Å². The third-order valence-corrected chi connectivity index (χ3v) is 7.90. The number of aliphatic carboxylic acids is 1. The summed E-state index contributed by atoms with van der Waals surface area (Å²) >= 11 is 0. The summed E-state index contributed by atoms with van der Waals surface area (Å²) in [6, 6.07) is 16.1. The summed E-state index contributed by atoms with van der Waals surface area (Å²) in [5.74, 6) is -2.76. The van der Waals surface area contributed by atoms with Crippen LogP contribution in [-0.4, -0.2) is 55.6 Å². The lowest BCUT2D eigenvalue weighted by atomic mass is 9.87. The number of carbonyl (C=O) groups excluding carboxylic acids is 1. The van der Waals surface area contributed by atoms with E-state index >= 15 is 0 Å². The Morgan fingerprint density at radius 2 is 1.72 bits per heavy atom. The minimum Gasteiger partial charge on any atom is -0.475 e. The number of aromatic nitrogens is 4. The van der Waals surface area contributed by atoms with Crippen molar-refractivity contribution < 1.29 is 41.0 Å². The molecule has 3 atom stereocenters. The molecule has 2 aromatic heterocycles. The van der Waals surface area contributed by atoms with E-state index in [1.54, 1.807) is 15.6 Å². The number of hydrogen-bond donors (Lipinski definition) is 4. The quantitative estimate of drug-likeness (QED) is 0.201. The van der Waals surface area contributed by atoms with Crippen molar-refractivity contribution in [3.05, 3.63) is 83.7 Å². The van der Waals surface area contributed by atoms with Crippen molar-refractivity contribution in [1.82, 2.24) is 30.2 Å². The molecule has 0 radical (unpaired) electrons. The van der Waals surface area contributed by atoms with Crippen molar-refractivity contribution in [2.24, 2.45) is 13.0 Å². The van der Waals surface area contributed by atoms with Gasteiger partial charge in [-0.25, -0.2) is 14.3 Å². The summed E-state index contributed by atoms with van der Waals surface area (Å²) in [4.78, 5) is 22.2. The number of urea groups is 1. The predicted molar refractivity (Wildman–Crippen MR) is 154 cm³/mol. The van der Waals surface area contributed by atoms with Gasteiger partial charge in [-0.3, -0.25) is 10.00 Å². The molecular weight excluding hydrogens is 620 g/mol. The van der Waals surface area contributed by atoms with E-state index in [1.807, 2.05) is 74.8 Å². The number of anilines is 1. The highest BCUT2D eigenvalue weighted by Crippen LogP contribution is 2.59. The molecule has 2 aliphatic rings. The van der Waals surface area contributed by atoms with Crippen LogP contribution in [0.3, 0.4) is 0 Å². The number of amides is 2. The lowest BCUT2D eigenvalue weighted by Gasteiger charge is -2.34. The molecule has 1 aliphatic carbocycles. The molecule has 16 heteroatoms. The molecule has 3 unspecified atom stereocenters. The zero-order chi connectivity index (χ0) is 33.4. The van der Waals surface area contributed by atoms with Crippen LogP contribution >= 0.6 is 0 Å². The van der Waals surface area contributed by atoms with Crippen molar-refractivity contribution in [1.29, 1.82) is 0 Å². The van der Waals surface area contributed by atoms with Crippen LogP contribution in [0.25, 0.3) is 16.9 Å². The van der Waals surface area contributed by atoms with Crippen LogP contribution in [-0.2, 0) is 17.4 Å². The molecule has 4 N–H and O–H groups in total. The lowest BCUT2D eigenvalue weighted by Crippen LogP contribution is -2.47. The largest absolute Gasteiger partial charge is 0.490 e. The molecular formula is C30H29F6N7O3. The van der Waals surface area contributed by atoms with E-state index in [9.17, 15) is 31.1 Å². The summed E-state index contributed by atoms with van der Waals surface area (Å²) < 4.78 is 74.4. The number of carbonyl (C=O) groups is 2. The zero-order valence-electron chi connectivity index (χ0n) is 24.4. The van der Waals surface area contributed by atoms with E-state index < -0.39 is 48.3 Å². The Morgan fingerprint density at radius 1 is 1.07 bits per heavy atom. The Balaban J connectivity index is 0.000000537. The Hall–Kier alpha value is -4.86. The van der Waals surface area contributed by atoms with Gasteiger partial charge in [-0.15, -0.1) is 0 Å². The summed E-state index contributed by atoms with van der Waals surface area (Å²) in [5, 5.41) is 25.5. The number of carboxylic acid groups (broad SMARTS) is 1. The highest BCUT2D eigenvalue weighted by molar-refractivity contribution is 5.91. The van der Waals surface area contributed by atoms with Crippen molar-refractivity contribution >= 4 is 17.8 Å². The predicted octanol–water partition coefficient (Wildman–Crippen LogP) is 5.85. The third kappa shape index (κ3) is 6.85. The smallest absolute Gasteiger partial charge is 0.475 e. The number of para-hydroxylation sites is 1. The normalized spacial score (nSPS) is 20.3. The van der Waals surface area contributed by atoms with Crippen molar-refractivity contribution in [2.45, 2.75) is 43.7 Å². The standard InChI is InChI=1S/C28H28F3N7O.C2HF3O2/c1-17-24(18-14-33-37(2)16-18)36-38(20-8-4-3-5-9-20)25(17)35-26(39)34-23-15-32-27(12-19(27)13-28(29,30)31)22-11-7-6-10-21(22)23;3-2(4,5)1(6)7/h3-11,14,16,19,23,32H,12-13,15H2,1-2H3,(H2,34,35,39);(H,6,7). The van der Waals surface area contributed by atoms with E-state index in [0.29, 0.717) is 24.5 Å². The summed E-state index contributed by atoms with van der Waals surface area (Å²) in [6.45, 7) is 2.22. The number of fused-ring (bicyclic) bond motifs is 2. The van der Waals surface area contributed by atoms with Gasteiger partial charge in [0.1, 0.15) is 11.5 Å². The van der Waals surface area contributed by atoms with Gasteiger partial charge in [0, 0.05) is 42.9 Å². The first-order chi connectivity index (χ1) is 21.6. The molecule has 2 aromatic carbocycles. The summed E-state index contributed by atoms with van der Waals surface area (Å²) in [7, 11) is 1.83. The maximum atomic E-state index is 13.3. The van der Waals surface area contributed by atoms with E-state index in [2.05, 4.69) is 21.0 Å². The third-order valence-electron chi connectivity index (χ3n) is 7.90. The number of aryl methyl sites for hydroxylation is 1. The van der Waals surface area contributed by atoms with Gasteiger partial charge in [-0.1, -0.05) is 42.5 Å². The van der Waals surface area contributed by atoms with E-state index in [0.717, 1.165) is 27.9 Å². The second kappa shape index (κ2) is 12.2. The molecule has 4 aromatic rings. The first-order valence-corrected chi connectivity index (χ1v) is 14.0. The van der Waals surface area contributed by atoms with Crippen molar-refractivity contribution in [2.75, 3.05) is 11.9 Å². The molecule has 244 valence electrons. The van der Waals surface area contributed by atoms with Gasteiger partial charge < -0.3 is 15.7 Å². The highest BCUT2D eigenvalue weighted by atomic mass is 19.4. The Morgan fingerprint density at radius 3 is 2.33 bits per heavy atom. The van der Waals surface area contributed by atoms with Crippen LogP contribution in [0.1, 0.15) is 35.6 Å². The van der Waals surface area contributed by atoms with Gasteiger partial charge in [0.15, 0.2) is 0 Å². The van der Waals surface area contributed by atoms with Crippen LogP contribution in [0.5, 0.6) is 0 Å². The molecule has 1 spiro atoms. The van der Waals surface area contributed by atoms with Gasteiger partial charge in [-0.05, 0) is 42.5 Å². The first-order valence-electron chi connectivity index (χ1n) is 14.0. The van der Waals surface area contributed by atoms with Crippen LogP contribution in [0.2, 0.25) is 0 Å². The Bertz CT molecular complexity index is 1730. The molecule has 1 saturated carbocycles. The number of carboxylic acids is 1. The number of hydrogen-bond acceptors (Lipinski definition) is 5. The number of benzene rings is 2. The maximum Gasteiger partial charge on any atom is 0.490 e. The monoisotopic (exact) mass is 649 g/mol. The van der Waals surface area contributed by atoms with Gasteiger partial charge in [0.25, 0.3) is 0 Å². The van der Waals surface area contributed by atoms with Crippen LogP contribution < -0.4 is 16.0 Å². The number of halogens is 6. The fraction of sp³-hybridized carbons (Fsp3) is 0.333. The number of nitrogens with one attached hydrogen (secondary N) is 3. The minimum atomic E-state index is -5.08. The molecule has 10 nitrogen and oxygen atoms in total. The highest BCUT2D eigenvalue weighted by Gasteiger charge is 2.60. The van der Waals surface area contributed by atoms with Gasteiger partial charge in [0.2, 0.25) is 0 Å². The molecule has 1 fully saturated rings. The Labute approximate surface area is 258 Å². The molecule has 6 rings (SSSR count). The topological polar surface area (TPSA) is 126 Å². The molecule has 46 heavy (non-hydrogen) atoms. The lowest BCUT2D eigenvalue weighted by molar-refractivity contribution is -0.192. The number of alkyl halides is 6. The van der Waals surface area contributed by atoms with Crippen LogP contribution in [0, 0.1) is 12.8 Å². The minimum absolute atomic E-state index is 0.330. The fourth-order valence-electron chi connectivity index (χ4n) is 5.75. The van der Waals surface area contributed by atoms with E-state index in [1.165, 1.54) is 0 Å². The second-order valence-electron chi connectivity index (χ2n) is 11.1. The zero-order valence-corrected chi connectivity index (χ0v) is 24.4. The molecule has 2 amide bonds. The molecule has 3 heterocycles. The average molecular weight is 650 g/mol. The number of rotatable bonds is 5. The number of nitrogens with zero attached hydrogens (tertiary/aromatic N) is 4. The Kier molecular flexibility index (Phi) is 8.59. The fourth-order valence-corrected chi connectivity index (χ4v) is 5.75. The van der Waals surface area contributed by atoms with Gasteiger partial charge in [0.05, 0.1) is 17.9 Å². The SMILES string of the molecule is Cc1c(-c2cnn(C)c2)nn(-c2ccccc2)c1NC(=O)NC1CNC2(CC2CC(F)(F)F)c2ccccc21.O=C(O)C(F)(F)F. The molecule has 1 aliphatic heterocycles. The van der Waals surface area contributed by atoms with Crippen LogP contribution in [0.4, 0.5) is 37.0 Å². The molecule has 0 bridgehead atoms. The van der Waals surface area contributed by atoms with Crippen molar-refractivity contribution in [3.8, 4) is 16.9 Å². The van der Waals surface area contributed by atoms with Gasteiger partial charge >= 0.3 is 24.4 Å². The second-order valence-corrected chi connectivity index (χ2v) is 11.1. The first kappa shape index (κ1) is 32.5. The molecule has 0 saturated heterocycles. The summed E-state index contributed by atoms with van der Waals surface area (Å²) in [6.07, 6.45) is -6.12. The average Bonchev–Trinajstić information content (AvgIpc) is 3.28. The van der Waals surface area contributed by atoms with E-state index in [-0.39, 0.29) is 0 Å².